The summed E-state index contributed by atoms with van der Waals surface area (Å²) in [6.45, 7) is 9.26. The number of aliphatic hydroxyl groups excluding tert-OH is 7. The molecule has 9 N–H and O–H groups in total. The van der Waals surface area contributed by atoms with Crippen LogP contribution in [-0.2, 0) is 49.1 Å². The lowest BCUT2D eigenvalue weighted by molar-refractivity contribution is -0.303. The monoisotopic (exact) mass is 924 g/mol. The van der Waals surface area contributed by atoms with E-state index in [9.17, 15) is 55.5 Å². The molecule has 0 spiro atoms. The molecule has 364 valence electrons. The molecule has 4 heterocycles. The highest BCUT2D eigenvalue weighted by Crippen LogP contribution is 2.47. The summed E-state index contributed by atoms with van der Waals surface area (Å²) in [5.74, 6) is -3.80. The topological polar surface area (TPSA) is 299 Å². The van der Waals surface area contributed by atoms with Crippen molar-refractivity contribution in [1.29, 1.82) is 0 Å². The number of aliphatic hydroxyl groups is 7. The lowest BCUT2D eigenvalue weighted by Crippen LogP contribution is -2.55. The summed E-state index contributed by atoms with van der Waals surface area (Å²) >= 11 is 0. The highest BCUT2D eigenvalue weighted by Gasteiger charge is 2.50. The largest absolute Gasteiger partial charge is 0.507 e. The van der Waals surface area contributed by atoms with Crippen molar-refractivity contribution < 1.29 is 98.2 Å². The Balaban J connectivity index is 1.18. The first kappa shape index (κ1) is 49.7. The van der Waals surface area contributed by atoms with E-state index < -0.39 is 146 Å². The second-order valence-corrected chi connectivity index (χ2v) is 18.2. The number of methoxy groups -OCH3 is 1. The molecule has 20 heteroatoms. The van der Waals surface area contributed by atoms with Gasteiger partial charge in [0.25, 0.3) is 0 Å². The molecule has 4 aliphatic heterocycles. The molecule has 65 heavy (non-hydrogen) atoms. The number of hydrogen-bond acceptors (Lipinski definition) is 20. The fourth-order valence-corrected chi connectivity index (χ4v) is 9.55. The number of aromatic hydroxyl groups is 2. The summed E-state index contributed by atoms with van der Waals surface area (Å²) in [5.41, 5.74) is 0.185. The Hall–Kier alpha value is -3.16. The van der Waals surface area contributed by atoms with Crippen LogP contribution in [0.25, 0.3) is 10.8 Å². The number of ketones is 2. The number of phenolic OH excluding ortho intramolecular Hbond substituents is 2. The Morgan fingerprint density at radius 3 is 1.89 bits per heavy atom. The van der Waals surface area contributed by atoms with Crippen molar-refractivity contribution in [2.45, 2.75) is 197 Å². The highest BCUT2D eigenvalue weighted by atomic mass is 16.7. The van der Waals surface area contributed by atoms with Gasteiger partial charge >= 0.3 is 0 Å². The van der Waals surface area contributed by atoms with Crippen molar-refractivity contribution in [2.24, 2.45) is 5.92 Å². The molecule has 0 aromatic heterocycles. The average molecular weight is 925 g/mol. The van der Waals surface area contributed by atoms with E-state index in [2.05, 4.69) is 0 Å². The lowest BCUT2D eigenvalue weighted by Gasteiger charge is -2.43. The van der Waals surface area contributed by atoms with Gasteiger partial charge in [0.05, 0.1) is 65.9 Å². The number of carbonyl (C=O) groups is 2. The lowest BCUT2D eigenvalue weighted by atomic mass is 9.75. The molecule has 4 saturated heterocycles. The second-order valence-electron chi connectivity index (χ2n) is 18.2. The number of ether oxygens (including phenoxy) is 9. The van der Waals surface area contributed by atoms with Crippen molar-refractivity contribution in [2.75, 3.05) is 7.11 Å². The van der Waals surface area contributed by atoms with Gasteiger partial charge in [-0.3, -0.25) is 9.59 Å². The van der Waals surface area contributed by atoms with Gasteiger partial charge in [-0.05, 0) is 77.5 Å². The Kier molecular flexibility index (Phi) is 15.5. The molecule has 20 nitrogen and oxygen atoms in total. The van der Waals surface area contributed by atoms with E-state index in [1.807, 2.05) is 0 Å². The maximum Gasteiger partial charge on any atom is 0.202 e. The molecular formula is C45H64O20. The minimum absolute atomic E-state index is 0.0125. The third-order valence-electron chi connectivity index (χ3n) is 13.5. The van der Waals surface area contributed by atoms with Crippen molar-refractivity contribution in [1.82, 2.24) is 0 Å². The number of rotatable bonds is 13. The molecule has 0 unspecified atom stereocenters. The summed E-state index contributed by atoms with van der Waals surface area (Å²) in [4.78, 5) is 28.5. The molecule has 0 bridgehead atoms. The Bertz CT molecular complexity index is 2000. The molecule has 7 rings (SSSR count). The van der Waals surface area contributed by atoms with E-state index in [0.29, 0.717) is 12.8 Å². The Morgan fingerprint density at radius 1 is 0.723 bits per heavy atom. The van der Waals surface area contributed by atoms with Crippen molar-refractivity contribution in [3.63, 3.8) is 0 Å². The van der Waals surface area contributed by atoms with Gasteiger partial charge in [-0.2, -0.15) is 0 Å². The van der Waals surface area contributed by atoms with Crippen LogP contribution in [0.2, 0.25) is 0 Å². The number of fused-ring (bicyclic) bond motifs is 2. The molecule has 20 atom stereocenters. The summed E-state index contributed by atoms with van der Waals surface area (Å²) in [6, 6.07) is 3.07. The first-order valence-electron chi connectivity index (χ1n) is 22.3. The predicted octanol–water partition coefficient (Wildman–Crippen LogP) is 0.509. The van der Waals surface area contributed by atoms with Crippen LogP contribution in [0.1, 0.15) is 88.2 Å². The summed E-state index contributed by atoms with van der Waals surface area (Å²) < 4.78 is 54.0. The van der Waals surface area contributed by atoms with Crippen LogP contribution in [0.3, 0.4) is 0 Å². The molecule has 0 radical (unpaired) electrons. The molecule has 0 saturated carbocycles. The normalized spacial score (nSPS) is 39.4. The number of Topliss-reactive ketones (excluding diaryl/α,β-unsaturated/α-hetero) is 2. The van der Waals surface area contributed by atoms with E-state index in [4.69, 9.17) is 42.6 Å². The third kappa shape index (κ3) is 10.2. The number of hydrogen-bond donors (Lipinski definition) is 9. The van der Waals surface area contributed by atoms with Crippen LogP contribution in [-0.4, -0.2) is 181 Å². The van der Waals surface area contributed by atoms with Gasteiger partial charge in [0.15, 0.2) is 30.4 Å². The minimum Gasteiger partial charge on any atom is -0.507 e. The molecule has 2 aromatic carbocycles. The van der Waals surface area contributed by atoms with E-state index in [0.717, 1.165) is 0 Å². The van der Waals surface area contributed by atoms with Crippen LogP contribution in [0.4, 0.5) is 0 Å². The molecule has 0 amide bonds. The van der Waals surface area contributed by atoms with Crippen LogP contribution >= 0.6 is 0 Å². The van der Waals surface area contributed by atoms with E-state index >= 15 is 0 Å². The quantitative estimate of drug-likeness (QED) is 0.132. The number of carbonyl (C=O) groups excluding carboxylic acids is 2. The van der Waals surface area contributed by atoms with Crippen molar-refractivity contribution >= 4 is 22.3 Å². The van der Waals surface area contributed by atoms with Crippen LogP contribution in [0.5, 0.6) is 17.2 Å². The van der Waals surface area contributed by atoms with Gasteiger partial charge < -0.3 is 88.6 Å². The zero-order valence-corrected chi connectivity index (χ0v) is 37.5. The molecule has 5 aliphatic rings. The predicted molar refractivity (Wildman–Crippen MR) is 223 cm³/mol. The average Bonchev–Trinajstić information content (AvgIpc) is 3.24. The minimum atomic E-state index is -1.90. The smallest absolute Gasteiger partial charge is 0.202 e. The Morgan fingerprint density at radius 2 is 1.29 bits per heavy atom. The second kappa shape index (κ2) is 20.2. The maximum absolute atomic E-state index is 14.8. The van der Waals surface area contributed by atoms with Gasteiger partial charge in [-0.15, -0.1) is 0 Å². The fourth-order valence-electron chi connectivity index (χ4n) is 9.55. The SMILES string of the molecule is CO[C@H](C(=O)[C@@H](O)[C@@H](C)O)[C@@H]1Cc2cc3cc(O[C@H]4C[C@@H](O[C@H]5C[C@@H](O)[C@H](O)[C@@H](C)O5)[C@H](O)[C@@H](C)O4)c(C)c(O)c3c(O)c2C(=O)[C@H]1O[C@H]1C[C@@H](O[C@H]2CC[C@H](O)[C@@H](C)O2)[C@H](O)[C@@H](C)O1. The standard InChI is InChI=1S/C45H64O20/c1-16-27(62-32-14-29(40(53)20(5)60-32)64-31-13-26(48)38(51)19(4)59-31)12-23-10-22-11-24(44(57-7)43(56)37(50)17(2)46)45(42(55)35(22)41(54)34(23)36(16)49)65-33-15-28(39(52)21(6)61-33)63-30-9-8-25(47)18(3)58-30/h10,12,17-21,24-26,28-33,37-40,44-54H,8-9,11,13-15H2,1-7H3/t17-,18-,19-,20-,21-,24+,25+,26-,28-,29-,30+,31+,32+,33+,37+,38-,39-,40-,44+,45+/m1/s1. The zero-order chi connectivity index (χ0) is 47.3. The maximum atomic E-state index is 14.8. The van der Waals surface area contributed by atoms with Crippen LogP contribution in [0, 0.1) is 12.8 Å². The number of phenols is 2. The van der Waals surface area contributed by atoms with Gasteiger partial charge in [0.1, 0.15) is 53.9 Å². The number of benzene rings is 2. The fraction of sp³-hybridized carbons (Fsp3) is 0.733. The van der Waals surface area contributed by atoms with Crippen LogP contribution < -0.4 is 4.74 Å². The van der Waals surface area contributed by atoms with Gasteiger partial charge in [-0.1, -0.05) is 0 Å². The van der Waals surface area contributed by atoms with Gasteiger partial charge in [-0.25, -0.2) is 0 Å². The van der Waals surface area contributed by atoms with Crippen LogP contribution in [0.15, 0.2) is 12.1 Å². The summed E-state index contributed by atoms with van der Waals surface area (Å²) in [6.07, 6.45) is -19.8. The van der Waals surface area contributed by atoms with Crippen molar-refractivity contribution in [3.05, 3.63) is 28.8 Å². The van der Waals surface area contributed by atoms with Gasteiger partial charge in [0.2, 0.25) is 6.29 Å². The molecule has 1 aliphatic carbocycles. The van der Waals surface area contributed by atoms with E-state index in [1.165, 1.54) is 27.0 Å². The third-order valence-corrected chi connectivity index (χ3v) is 13.5. The molecule has 2 aromatic rings. The van der Waals surface area contributed by atoms with E-state index in [1.54, 1.807) is 33.8 Å². The zero-order valence-electron chi connectivity index (χ0n) is 37.5. The summed E-state index contributed by atoms with van der Waals surface area (Å²) in [5, 5.41) is 97.2. The van der Waals surface area contributed by atoms with Gasteiger partial charge in [0, 0.05) is 44.3 Å². The first-order valence-corrected chi connectivity index (χ1v) is 22.3. The Labute approximate surface area is 375 Å². The van der Waals surface area contributed by atoms with E-state index in [-0.39, 0.29) is 58.9 Å². The highest BCUT2D eigenvalue weighted by molar-refractivity contribution is 6.11. The first-order chi connectivity index (χ1) is 30.7. The van der Waals surface area contributed by atoms with Crippen molar-refractivity contribution in [3.8, 4) is 17.2 Å². The molecular weight excluding hydrogens is 860 g/mol. The summed E-state index contributed by atoms with van der Waals surface area (Å²) in [7, 11) is 1.21. The molecule has 4 fully saturated rings.